The molecule has 2 aliphatic carbocycles. The van der Waals surface area contributed by atoms with Crippen LogP contribution in [0.2, 0.25) is 0 Å². The monoisotopic (exact) mass is 1230 g/mol. The summed E-state index contributed by atoms with van der Waals surface area (Å²) in [5, 5.41) is 54.6. The molecule has 16 atom stereocenters. The average Bonchev–Trinajstić information content (AvgIpc) is 2.38. The van der Waals surface area contributed by atoms with Crippen molar-refractivity contribution < 1.29 is 62.9 Å². The van der Waals surface area contributed by atoms with Gasteiger partial charge in [0.25, 0.3) is 0 Å². The number of carbonyl (C=O) groups excluding carboxylic acids is 3. The largest absolute Gasteiger partial charge is 0.459 e. The lowest BCUT2D eigenvalue weighted by Gasteiger charge is -2.44. The summed E-state index contributed by atoms with van der Waals surface area (Å²) in [4.78, 5) is 58.3. The summed E-state index contributed by atoms with van der Waals surface area (Å²) in [5.74, 6) is -0.734. The van der Waals surface area contributed by atoms with E-state index in [4.69, 9.17) is 55.3 Å². The van der Waals surface area contributed by atoms with Crippen LogP contribution >= 0.6 is 0 Å². The molecule has 4 fully saturated rings. The Bertz CT molecular complexity index is 3240. The van der Waals surface area contributed by atoms with Crippen LogP contribution in [0.15, 0.2) is 152 Å². The number of nitrogens with zero attached hydrogens (tertiary/aromatic N) is 20. The summed E-state index contributed by atoms with van der Waals surface area (Å²) in [6, 6.07) is 31.5. The van der Waals surface area contributed by atoms with Gasteiger partial charge in [0.2, 0.25) is 0 Å². The first-order chi connectivity index (χ1) is 43.2. The topological polar surface area (TPSA) is 476 Å². The van der Waals surface area contributed by atoms with Gasteiger partial charge in [0.1, 0.15) is 31.5 Å². The number of hydrogen-bond acceptors (Lipinski definition) is 19. The second kappa shape index (κ2) is 34.7. The molecule has 2 aliphatic heterocycles. The molecule has 3 N–H and O–H groups in total. The van der Waals surface area contributed by atoms with Crippen LogP contribution in [-0.4, -0.2) is 154 Å². The summed E-state index contributed by atoms with van der Waals surface area (Å²) >= 11 is 0. The maximum atomic E-state index is 13.3. The van der Waals surface area contributed by atoms with E-state index in [0.29, 0.717) is 25.7 Å². The Morgan fingerprint density at radius 3 is 1.18 bits per heavy atom. The molecular weight excluding hydrogens is 1160 g/mol. The van der Waals surface area contributed by atoms with Crippen LogP contribution in [0.5, 0.6) is 0 Å². The zero-order valence-electron chi connectivity index (χ0n) is 48.1. The van der Waals surface area contributed by atoms with Crippen LogP contribution in [0, 0.1) is 0 Å². The van der Waals surface area contributed by atoms with Crippen LogP contribution in [0.4, 0.5) is 9.59 Å². The number of amides is 2. The third-order valence-electron chi connectivity index (χ3n) is 15.0. The standard InChI is InChI=1S/C29H34N10O7.C27H32N10O6/c1-18(40)44-26-23(34-37-31)14-24(35-38-32)27(25(26)41)46-28-22(33-36-30)13-12-21(45-28)16-39(15-19-8-4-2-5-9-19)29(42)43-17-20-10-6-3-7-11-20;28-34-31-20-12-11-19(42-26(20)43-25-22(33-36-30)13-21(32-35-29)23(38)24(25)39)15-37(14-17-7-3-1-4-8-17)27(40)41-16-18-9-5-2-6-10-18/h2-11,21-28,41H,12-17H2,1H3;1-10,19-26,38-39H,11-16H2/t21-,22+,23+,24-,25+,26-,27+,28+;19-,20+,21+,22-,23-,24+,25+,26+/m00/s1. The van der Waals surface area contributed by atoms with Gasteiger partial charge in [-0.25, -0.2) is 9.59 Å². The molecule has 4 aromatic carbocycles. The number of esters is 1. The molecule has 4 aliphatic rings. The number of rotatable bonds is 23. The van der Waals surface area contributed by atoms with Crippen molar-refractivity contribution in [3.05, 3.63) is 206 Å². The van der Waals surface area contributed by atoms with Crippen LogP contribution < -0.4 is 0 Å². The van der Waals surface area contributed by atoms with E-state index < -0.39 is 116 Å². The molecule has 468 valence electrons. The molecule has 2 heterocycles. The number of ether oxygens (including phenoxy) is 7. The molecular formula is C56H66N20O13. The minimum absolute atomic E-state index is 0.0713. The average molecular weight is 1230 g/mol. The third kappa shape index (κ3) is 19.7. The summed E-state index contributed by atoms with van der Waals surface area (Å²) in [6.07, 6.45) is -12.0. The van der Waals surface area contributed by atoms with Crippen molar-refractivity contribution >= 4 is 18.2 Å². The minimum Gasteiger partial charge on any atom is -0.459 e. The van der Waals surface area contributed by atoms with Gasteiger partial charge in [-0.05, 0) is 94.0 Å². The van der Waals surface area contributed by atoms with Crippen LogP contribution in [0.25, 0.3) is 62.7 Å². The quantitative estimate of drug-likeness (QED) is 0.0205. The summed E-state index contributed by atoms with van der Waals surface area (Å²) in [6.45, 7) is 1.96. The Morgan fingerprint density at radius 1 is 0.461 bits per heavy atom. The van der Waals surface area contributed by atoms with Gasteiger partial charge in [-0.2, -0.15) is 0 Å². The molecule has 8 rings (SSSR count). The number of carbonyl (C=O) groups is 3. The fourth-order valence-electron chi connectivity index (χ4n) is 10.7. The van der Waals surface area contributed by atoms with E-state index in [2.05, 4.69) is 60.2 Å². The molecule has 89 heavy (non-hydrogen) atoms. The van der Waals surface area contributed by atoms with Crippen molar-refractivity contribution in [1.82, 2.24) is 9.80 Å². The first kappa shape index (κ1) is 67.0. The van der Waals surface area contributed by atoms with Crippen molar-refractivity contribution in [2.24, 2.45) is 30.7 Å². The second-order valence-electron chi connectivity index (χ2n) is 21.1. The number of aliphatic hydroxyl groups excluding tert-OH is 3. The van der Waals surface area contributed by atoms with Crippen LogP contribution in [0.3, 0.4) is 0 Å². The lowest BCUT2D eigenvalue weighted by Crippen LogP contribution is -2.59. The predicted molar refractivity (Wildman–Crippen MR) is 313 cm³/mol. The molecule has 33 heteroatoms. The Hall–Kier alpha value is -9.53. The number of azide groups is 6. The van der Waals surface area contributed by atoms with Gasteiger partial charge in [-0.3, -0.25) is 4.79 Å². The second-order valence-corrected chi connectivity index (χ2v) is 21.1. The number of aliphatic hydroxyl groups is 3. The van der Waals surface area contributed by atoms with Crippen LogP contribution in [-0.2, 0) is 64.3 Å². The summed E-state index contributed by atoms with van der Waals surface area (Å²) < 4.78 is 41.1. The van der Waals surface area contributed by atoms with E-state index in [9.17, 15) is 40.8 Å². The Kier molecular flexibility index (Phi) is 26.1. The highest BCUT2D eigenvalue weighted by atomic mass is 16.7. The van der Waals surface area contributed by atoms with E-state index >= 15 is 0 Å². The molecule has 0 aromatic heterocycles. The lowest BCUT2D eigenvalue weighted by atomic mass is 9.84. The molecule has 2 amide bonds. The lowest BCUT2D eigenvalue weighted by molar-refractivity contribution is -0.256. The smallest absolute Gasteiger partial charge is 0.410 e. The molecule has 4 aromatic rings. The van der Waals surface area contributed by atoms with Crippen molar-refractivity contribution in [2.75, 3.05) is 13.1 Å². The molecule has 0 spiro atoms. The van der Waals surface area contributed by atoms with Gasteiger partial charge in [0, 0.05) is 49.5 Å². The maximum Gasteiger partial charge on any atom is 0.410 e. The van der Waals surface area contributed by atoms with Crippen molar-refractivity contribution in [3.8, 4) is 0 Å². The molecule has 33 nitrogen and oxygen atoms in total. The van der Waals surface area contributed by atoms with Crippen molar-refractivity contribution in [3.63, 3.8) is 0 Å². The first-order valence-corrected chi connectivity index (χ1v) is 28.3. The molecule has 2 saturated heterocycles. The maximum absolute atomic E-state index is 13.3. The van der Waals surface area contributed by atoms with E-state index in [1.165, 1.54) is 9.80 Å². The van der Waals surface area contributed by atoms with Gasteiger partial charge < -0.3 is 58.3 Å². The summed E-state index contributed by atoms with van der Waals surface area (Å²) in [5.41, 5.74) is 57.9. The van der Waals surface area contributed by atoms with Gasteiger partial charge in [0.05, 0.1) is 79.9 Å². The zero-order chi connectivity index (χ0) is 63.5. The highest BCUT2D eigenvalue weighted by molar-refractivity contribution is 5.68. The first-order valence-electron chi connectivity index (χ1n) is 28.3. The minimum atomic E-state index is -1.60. The number of benzene rings is 4. The van der Waals surface area contributed by atoms with Gasteiger partial charge in [-0.1, -0.05) is 152 Å². The molecule has 2 saturated carbocycles. The van der Waals surface area contributed by atoms with Gasteiger partial charge >= 0.3 is 18.2 Å². The Labute approximate surface area is 508 Å². The molecule has 0 bridgehead atoms. The summed E-state index contributed by atoms with van der Waals surface area (Å²) in [7, 11) is 0. The Morgan fingerprint density at radius 2 is 0.798 bits per heavy atom. The third-order valence-corrected chi connectivity index (χ3v) is 15.0. The Balaban J connectivity index is 0.000000254. The predicted octanol–water partition coefficient (Wildman–Crippen LogP) is 10.3. The zero-order valence-corrected chi connectivity index (χ0v) is 48.1. The van der Waals surface area contributed by atoms with Crippen molar-refractivity contribution in [2.45, 2.75) is 169 Å². The highest BCUT2D eigenvalue weighted by Crippen LogP contribution is 2.36. The van der Waals surface area contributed by atoms with Crippen molar-refractivity contribution in [1.29, 1.82) is 0 Å². The fourth-order valence-corrected chi connectivity index (χ4v) is 10.7. The number of hydrogen-bond donors (Lipinski definition) is 3. The van der Waals surface area contributed by atoms with Gasteiger partial charge in [0.15, 0.2) is 12.6 Å². The van der Waals surface area contributed by atoms with E-state index in [-0.39, 0.29) is 52.2 Å². The molecule has 0 unspecified atom stereocenters. The van der Waals surface area contributed by atoms with Gasteiger partial charge in [-0.15, -0.1) is 0 Å². The SMILES string of the molecule is CC(=O)O[C@@H]1[C@@H](O)[C@H](O[C@H]2O[C@H](CN(Cc3ccccc3)C(=O)OCc3ccccc3)CC[C@H]2N=[N+]=[N-])[C@@H](N=[N+]=[N-])C[C@H]1N=[N+]=[N-].[N-]=[N+]=N[C@H]1C[C@@H](N=[N+]=[N-])[C@H](O)[C@@H](O)[C@@H]1O[C@H]1O[C@H](CN(Cc2ccccc2)C(=O)OCc2ccccc2)CC[C@H]1N=[N+]=[N-]. The van der Waals surface area contributed by atoms with E-state index in [1.54, 1.807) is 0 Å². The van der Waals surface area contributed by atoms with E-state index in [0.717, 1.165) is 29.2 Å². The molecule has 0 radical (unpaired) electrons. The fraction of sp³-hybridized carbons (Fsp3) is 0.518. The normalized spacial score (nSPS) is 27.7. The highest BCUT2D eigenvalue weighted by Gasteiger charge is 2.50. The van der Waals surface area contributed by atoms with Crippen LogP contribution in [0.1, 0.15) is 67.7 Å². The van der Waals surface area contributed by atoms with E-state index in [1.807, 2.05) is 121 Å².